The van der Waals surface area contributed by atoms with Crippen molar-refractivity contribution in [3.63, 3.8) is 0 Å². The summed E-state index contributed by atoms with van der Waals surface area (Å²) >= 11 is 0. The van der Waals surface area contributed by atoms with Gasteiger partial charge in [-0.2, -0.15) is 9.13 Å². The van der Waals surface area contributed by atoms with E-state index in [9.17, 15) is 0 Å². The van der Waals surface area contributed by atoms with Crippen molar-refractivity contribution >= 4 is 16.5 Å². The molecule has 0 bridgehead atoms. The Balaban J connectivity index is 1.56. The van der Waals surface area contributed by atoms with E-state index < -0.39 is 0 Å². The number of benzene rings is 3. The molecule has 2 atom stereocenters. The highest BCUT2D eigenvalue weighted by Crippen LogP contribution is 2.46. The second kappa shape index (κ2) is 7.74. The van der Waals surface area contributed by atoms with Gasteiger partial charge in [-0.1, -0.05) is 54.6 Å². The second-order valence-electron chi connectivity index (χ2n) is 9.95. The smallest absolute Gasteiger partial charge is 0.184 e. The van der Waals surface area contributed by atoms with Crippen LogP contribution in [0.25, 0.3) is 39.0 Å². The van der Waals surface area contributed by atoms with Crippen LogP contribution < -0.4 is 9.13 Å². The van der Waals surface area contributed by atoms with Crippen LogP contribution in [0.1, 0.15) is 35.1 Å². The zero-order chi connectivity index (χ0) is 23.5. The number of nitrogens with zero attached hydrogens (tertiary/aromatic N) is 2. The first-order valence-corrected chi connectivity index (χ1v) is 12.5. The van der Waals surface area contributed by atoms with Gasteiger partial charge in [0.25, 0.3) is 0 Å². The summed E-state index contributed by atoms with van der Waals surface area (Å²) in [5.41, 5.74) is 10.4. The van der Waals surface area contributed by atoms with Gasteiger partial charge in [-0.25, -0.2) is 0 Å². The third kappa shape index (κ3) is 3.03. The summed E-state index contributed by atoms with van der Waals surface area (Å²) in [5, 5.41) is 2.57. The zero-order valence-corrected chi connectivity index (χ0v) is 20.0. The largest absolute Gasteiger partial charge is 0.249 e. The Bertz CT molecular complexity index is 1640. The molecule has 4 heterocycles. The van der Waals surface area contributed by atoms with E-state index in [1.807, 2.05) is 0 Å². The van der Waals surface area contributed by atoms with Crippen molar-refractivity contribution in [1.29, 1.82) is 0 Å². The average Bonchev–Trinajstić information content (AvgIpc) is 2.95. The van der Waals surface area contributed by atoms with Gasteiger partial charge in [0.05, 0.1) is 16.9 Å². The summed E-state index contributed by atoms with van der Waals surface area (Å²) in [6.45, 7) is 6.96. The van der Waals surface area contributed by atoms with Crippen molar-refractivity contribution < 1.29 is 9.13 Å². The van der Waals surface area contributed by atoms with Crippen LogP contribution in [0.3, 0.4) is 0 Å². The predicted octanol–water partition coefficient (Wildman–Crippen LogP) is 6.81. The molecule has 7 rings (SSSR count). The minimum absolute atomic E-state index is 0.129. The molecule has 0 saturated carbocycles. The molecule has 2 aliphatic rings. The highest BCUT2D eigenvalue weighted by molar-refractivity contribution is 5.94. The van der Waals surface area contributed by atoms with Crippen LogP contribution in [0.4, 0.5) is 0 Å². The molecule has 0 aliphatic carbocycles. The third-order valence-corrected chi connectivity index (χ3v) is 7.95. The lowest BCUT2D eigenvalue weighted by Gasteiger charge is -2.30. The van der Waals surface area contributed by atoms with Crippen LogP contribution in [-0.4, -0.2) is 0 Å². The molecule has 5 aromatic rings. The zero-order valence-electron chi connectivity index (χ0n) is 20.0. The average molecular weight is 453 g/mol. The summed E-state index contributed by atoms with van der Waals surface area (Å²) < 4.78 is 4.86. The maximum absolute atomic E-state index is 4.79. The molecule has 2 heteroatoms. The van der Waals surface area contributed by atoms with Crippen LogP contribution >= 0.6 is 0 Å². The monoisotopic (exact) mass is 452 g/mol. The van der Waals surface area contributed by atoms with Crippen LogP contribution in [-0.2, 0) is 6.42 Å². The number of hydrogen-bond donors (Lipinski definition) is 0. The Labute approximate surface area is 206 Å². The molecule has 0 saturated heterocycles. The highest BCUT2D eigenvalue weighted by Gasteiger charge is 2.47. The van der Waals surface area contributed by atoms with E-state index in [-0.39, 0.29) is 6.04 Å². The molecule has 0 spiro atoms. The normalized spacial score (nSPS) is 18.3. The molecule has 0 fully saturated rings. The topological polar surface area (TPSA) is 7.76 Å². The third-order valence-electron chi connectivity index (χ3n) is 7.95. The number of allylic oxidation sites excluding steroid dienone is 1. The van der Waals surface area contributed by atoms with E-state index >= 15 is 0 Å². The van der Waals surface area contributed by atoms with Gasteiger partial charge in [-0.15, -0.1) is 0 Å². The predicted molar refractivity (Wildman–Crippen MR) is 142 cm³/mol. The first kappa shape index (κ1) is 20.3. The SMILES string of the molecule is C=C1C2C(CCc3ccccc3-c3ccc(C)c[n+]31)c1ccccc1-c1c3ccccc3cc[n+]12. The molecule has 2 unspecified atom stereocenters. The molecule has 2 aromatic heterocycles. The molecule has 2 nitrogen and oxygen atoms in total. The number of aryl methyl sites for hydroxylation is 2. The number of aromatic nitrogens is 2. The number of fused-ring (bicyclic) bond motifs is 11. The lowest BCUT2D eigenvalue weighted by atomic mass is 9.78. The second-order valence-corrected chi connectivity index (χ2v) is 9.95. The van der Waals surface area contributed by atoms with Gasteiger partial charge >= 0.3 is 0 Å². The fourth-order valence-corrected chi connectivity index (χ4v) is 6.36. The number of hydrogen-bond acceptors (Lipinski definition) is 0. The molecule has 2 aliphatic heterocycles. The minimum atomic E-state index is 0.129. The summed E-state index contributed by atoms with van der Waals surface area (Å²) in [6.07, 6.45) is 6.66. The summed E-state index contributed by atoms with van der Waals surface area (Å²) in [4.78, 5) is 0. The van der Waals surface area contributed by atoms with Crippen molar-refractivity contribution in [2.24, 2.45) is 0 Å². The van der Waals surface area contributed by atoms with Gasteiger partial charge in [-0.3, -0.25) is 0 Å². The fraction of sp³-hybridized carbons (Fsp3) is 0.152. The Morgan fingerprint density at radius 1 is 0.800 bits per heavy atom. The summed E-state index contributed by atoms with van der Waals surface area (Å²) in [6, 6.07) is 33.6. The van der Waals surface area contributed by atoms with Gasteiger partial charge in [0, 0.05) is 23.3 Å². The number of pyridine rings is 2. The molecule has 168 valence electrons. The Morgan fingerprint density at radius 3 is 2.49 bits per heavy atom. The van der Waals surface area contributed by atoms with Crippen molar-refractivity contribution in [2.45, 2.75) is 31.7 Å². The van der Waals surface area contributed by atoms with Crippen LogP contribution in [0.2, 0.25) is 0 Å². The van der Waals surface area contributed by atoms with Crippen LogP contribution in [0.15, 0.2) is 110 Å². The highest BCUT2D eigenvalue weighted by atomic mass is 15.1. The Hall–Kier alpha value is -4.04. The van der Waals surface area contributed by atoms with Crippen LogP contribution in [0.5, 0.6) is 0 Å². The summed E-state index contributed by atoms with van der Waals surface area (Å²) in [5.74, 6) is 0.337. The Morgan fingerprint density at radius 2 is 1.57 bits per heavy atom. The first-order valence-electron chi connectivity index (χ1n) is 12.5. The van der Waals surface area contributed by atoms with E-state index in [1.54, 1.807) is 0 Å². The maximum Gasteiger partial charge on any atom is 0.249 e. The maximum atomic E-state index is 4.79. The molecular formula is C33H28N2+2. The van der Waals surface area contributed by atoms with Gasteiger partial charge in [0.2, 0.25) is 23.1 Å². The van der Waals surface area contributed by atoms with Crippen molar-refractivity contribution in [1.82, 2.24) is 0 Å². The molecule has 0 amide bonds. The first-order chi connectivity index (χ1) is 17.2. The van der Waals surface area contributed by atoms with Crippen molar-refractivity contribution in [2.75, 3.05) is 0 Å². The molecule has 3 aromatic carbocycles. The van der Waals surface area contributed by atoms with E-state index in [1.165, 1.54) is 50.0 Å². The standard InChI is InChI=1S/C33H28N2/c1-22-15-18-31-26-11-5-3-9-24(26)16-17-30-28-13-7-8-14-29(28)33-27-12-6-4-10-25(27)19-20-34(33)32(30)23(2)35(31)21-22/h3-15,18-21,30,32H,2,16-17H2,1H3/q+2. The van der Waals surface area contributed by atoms with Crippen molar-refractivity contribution in [3.05, 3.63) is 127 Å². The van der Waals surface area contributed by atoms with E-state index in [2.05, 4.69) is 119 Å². The fourth-order valence-electron chi connectivity index (χ4n) is 6.36. The van der Waals surface area contributed by atoms with Gasteiger partial charge in [0.1, 0.15) is 0 Å². The lowest BCUT2D eigenvalue weighted by Crippen LogP contribution is -2.53. The van der Waals surface area contributed by atoms with Gasteiger partial charge in [-0.05, 0) is 67.1 Å². The molecule has 35 heavy (non-hydrogen) atoms. The van der Waals surface area contributed by atoms with Gasteiger partial charge < -0.3 is 0 Å². The van der Waals surface area contributed by atoms with Gasteiger partial charge in [0.15, 0.2) is 12.4 Å². The van der Waals surface area contributed by atoms with Crippen molar-refractivity contribution in [3.8, 4) is 22.5 Å². The quantitative estimate of drug-likeness (QED) is 0.228. The van der Waals surface area contributed by atoms with Crippen LogP contribution in [0, 0.1) is 6.92 Å². The number of rotatable bonds is 0. The molecular weight excluding hydrogens is 424 g/mol. The minimum Gasteiger partial charge on any atom is -0.184 e. The lowest BCUT2D eigenvalue weighted by molar-refractivity contribution is -0.726. The van der Waals surface area contributed by atoms with E-state index in [0.717, 1.165) is 18.5 Å². The molecule has 0 radical (unpaired) electrons. The Kier molecular flexibility index (Phi) is 4.50. The van der Waals surface area contributed by atoms with E-state index in [0.29, 0.717) is 5.92 Å². The summed E-state index contributed by atoms with van der Waals surface area (Å²) in [7, 11) is 0. The molecule has 0 N–H and O–H groups in total. The van der Waals surface area contributed by atoms with E-state index in [4.69, 9.17) is 6.58 Å².